The molecule has 27 heavy (non-hydrogen) atoms. The van der Waals surface area contributed by atoms with Gasteiger partial charge in [-0.1, -0.05) is 17.7 Å². The fourth-order valence-electron chi connectivity index (χ4n) is 2.34. The van der Waals surface area contributed by atoms with E-state index in [1.165, 1.54) is 10.7 Å². The van der Waals surface area contributed by atoms with E-state index >= 15 is 0 Å². The maximum absolute atomic E-state index is 13.3. The number of carbonyl (C=O) groups excluding carboxylic acids is 1. The van der Waals surface area contributed by atoms with Crippen molar-refractivity contribution in [1.82, 2.24) is 19.3 Å². The Hall–Kier alpha value is -4.00. The number of carbonyl (C=O) groups is 1. The number of H-pyrrole nitrogens is 1. The molecule has 1 amide bonds. The molecule has 0 aliphatic carbocycles. The van der Waals surface area contributed by atoms with Gasteiger partial charge in [0.15, 0.2) is 5.69 Å². The average Bonchev–Trinajstić information content (AvgIpc) is 3.03. The van der Waals surface area contributed by atoms with Crippen molar-refractivity contribution in [3.05, 3.63) is 74.4 Å². The smallest absolute Gasteiger partial charge is 0.309 e. The van der Waals surface area contributed by atoms with Crippen LogP contribution in [0.2, 0.25) is 0 Å². The highest BCUT2D eigenvalue weighted by Gasteiger charge is 2.14. The highest BCUT2D eigenvalue weighted by Crippen LogP contribution is 2.17. The summed E-state index contributed by atoms with van der Waals surface area (Å²) in [6, 6.07) is 10.5. The summed E-state index contributed by atoms with van der Waals surface area (Å²) in [7, 11) is 0. The zero-order valence-corrected chi connectivity index (χ0v) is 14.1. The zero-order valence-electron chi connectivity index (χ0n) is 14.1. The maximum atomic E-state index is 13.3. The third-order valence-electron chi connectivity index (χ3n) is 3.65. The van der Waals surface area contributed by atoms with Crippen LogP contribution in [0.3, 0.4) is 0 Å². The lowest BCUT2D eigenvalue weighted by molar-refractivity contribution is -0.116. The van der Waals surface area contributed by atoms with Gasteiger partial charge in [0.1, 0.15) is 18.4 Å². The molecule has 2 N–H and O–H groups in total. The number of nitriles is 1. The van der Waals surface area contributed by atoms with Crippen molar-refractivity contribution in [3.63, 3.8) is 0 Å². The molecular formula is C17H13FN6O3. The molecule has 0 aliphatic rings. The van der Waals surface area contributed by atoms with Gasteiger partial charge in [0.05, 0.1) is 11.9 Å². The molecule has 0 bridgehead atoms. The van der Waals surface area contributed by atoms with E-state index in [0.717, 1.165) is 10.1 Å². The lowest BCUT2D eigenvalue weighted by atomic mass is 10.2. The van der Waals surface area contributed by atoms with Crippen LogP contribution in [0.25, 0.3) is 5.69 Å². The SMILES string of the molecule is Cc1ccc(-n2nc(C#N)cc2NC(=O)Cn2cc(F)c(=O)[nH]c2=O)cc1. The first kappa shape index (κ1) is 17.8. The van der Waals surface area contributed by atoms with E-state index in [1.54, 1.807) is 17.1 Å². The first-order chi connectivity index (χ1) is 12.9. The summed E-state index contributed by atoms with van der Waals surface area (Å²) >= 11 is 0. The van der Waals surface area contributed by atoms with E-state index in [9.17, 15) is 18.8 Å². The second-order valence-electron chi connectivity index (χ2n) is 5.69. The topological polar surface area (TPSA) is 126 Å². The molecular weight excluding hydrogens is 355 g/mol. The number of halogens is 1. The fraction of sp³-hybridized carbons (Fsp3) is 0.118. The van der Waals surface area contributed by atoms with Crippen molar-refractivity contribution in [3.8, 4) is 11.8 Å². The number of benzene rings is 1. The summed E-state index contributed by atoms with van der Waals surface area (Å²) in [5.41, 5.74) is -0.353. The highest BCUT2D eigenvalue weighted by atomic mass is 19.1. The van der Waals surface area contributed by atoms with Crippen LogP contribution in [0.5, 0.6) is 0 Å². The first-order valence-electron chi connectivity index (χ1n) is 7.73. The number of hydrogen-bond donors (Lipinski definition) is 2. The van der Waals surface area contributed by atoms with Gasteiger partial charge in [-0.25, -0.2) is 9.48 Å². The van der Waals surface area contributed by atoms with E-state index in [0.29, 0.717) is 11.9 Å². The number of aromatic nitrogens is 4. The summed E-state index contributed by atoms with van der Waals surface area (Å²) in [4.78, 5) is 36.7. The molecule has 0 aliphatic heterocycles. The minimum atomic E-state index is -1.18. The molecule has 2 heterocycles. The van der Waals surface area contributed by atoms with Crippen molar-refractivity contribution in [2.24, 2.45) is 0 Å². The van der Waals surface area contributed by atoms with Crippen molar-refractivity contribution >= 4 is 11.7 Å². The van der Waals surface area contributed by atoms with Gasteiger partial charge in [-0.3, -0.25) is 19.1 Å². The molecule has 0 atom stereocenters. The summed E-state index contributed by atoms with van der Waals surface area (Å²) in [6.45, 7) is 1.38. The van der Waals surface area contributed by atoms with Crippen LogP contribution >= 0.6 is 0 Å². The Bertz CT molecular complexity index is 1170. The standard InChI is InChI=1S/C17H13FN6O3/c1-10-2-4-12(5-3-10)24-14(6-11(7-19)22-24)20-15(25)9-23-8-13(18)16(26)21-17(23)27/h2-6,8H,9H2,1H3,(H,20,25)(H,21,26,27). The number of rotatable bonds is 4. The van der Waals surface area contributed by atoms with Crippen LogP contribution < -0.4 is 16.6 Å². The van der Waals surface area contributed by atoms with Crippen LogP contribution in [0.15, 0.2) is 46.1 Å². The molecule has 0 saturated carbocycles. The second-order valence-corrected chi connectivity index (χ2v) is 5.69. The average molecular weight is 368 g/mol. The number of aryl methyl sites for hydroxylation is 1. The predicted molar refractivity (Wildman–Crippen MR) is 92.9 cm³/mol. The molecule has 0 spiro atoms. The van der Waals surface area contributed by atoms with Crippen LogP contribution in [0.1, 0.15) is 11.3 Å². The third-order valence-corrected chi connectivity index (χ3v) is 3.65. The lowest BCUT2D eigenvalue weighted by Crippen LogP contribution is -2.34. The Morgan fingerprint density at radius 3 is 2.70 bits per heavy atom. The Morgan fingerprint density at radius 2 is 2.04 bits per heavy atom. The Labute approximate surface area is 151 Å². The monoisotopic (exact) mass is 368 g/mol. The van der Waals surface area contributed by atoms with E-state index in [-0.39, 0.29) is 11.5 Å². The minimum absolute atomic E-state index is 0.0816. The van der Waals surface area contributed by atoms with Gasteiger partial charge in [0.25, 0.3) is 5.56 Å². The highest BCUT2D eigenvalue weighted by molar-refractivity contribution is 5.90. The molecule has 3 aromatic rings. The van der Waals surface area contributed by atoms with Gasteiger partial charge < -0.3 is 5.32 Å². The van der Waals surface area contributed by atoms with Gasteiger partial charge >= 0.3 is 5.69 Å². The Balaban J connectivity index is 1.88. The zero-order chi connectivity index (χ0) is 19.6. The molecule has 3 rings (SSSR count). The number of nitrogens with one attached hydrogen (secondary N) is 2. The van der Waals surface area contributed by atoms with Crippen molar-refractivity contribution < 1.29 is 9.18 Å². The van der Waals surface area contributed by atoms with Gasteiger partial charge in [-0.15, -0.1) is 0 Å². The molecule has 0 unspecified atom stereocenters. The summed E-state index contributed by atoms with van der Waals surface area (Å²) in [6.07, 6.45) is 0.652. The molecule has 0 saturated heterocycles. The van der Waals surface area contributed by atoms with Crippen LogP contribution in [-0.2, 0) is 11.3 Å². The van der Waals surface area contributed by atoms with Gasteiger partial charge in [0.2, 0.25) is 11.7 Å². The van der Waals surface area contributed by atoms with E-state index in [2.05, 4.69) is 10.4 Å². The van der Waals surface area contributed by atoms with E-state index < -0.39 is 29.5 Å². The van der Waals surface area contributed by atoms with Crippen LogP contribution in [-0.4, -0.2) is 25.2 Å². The van der Waals surface area contributed by atoms with Gasteiger partial charge in [-0.2, -0.15) is 14.8 Å². The predicted octanol–water partition coefficient (Wildman–Crippen LogP) is 0.680. The number of amides is 1. The first-order valence-corrected chi connectivity index (χ1v) is 7.73. The Kier molecular flexibility index (Phi) is 4.68. The molecule has 10 heteroatoms. The molecule has 0 radical (unpaired) electrons. The van der Waals surface area contributed by atoms with Gasteiger partial charge in [-0.05, 0) is 19.1 Å². The lowest BCUT2D eigenvalue weighted by Gasteiger charge is -2.10. The normalized spacial score (nSPS) is 10.4. The number of hydrogen-bond acceptors (Lipinski definition) is 5. The van der Waals surface area contributed by atoms with Crippen molar-refractivity contribution in [2.45, 2.75) is 13.5 Å². The van der Waals surface area contributed by atoms with E-state index in [1.807, 2.05) is 25.1 Å². The van der Waals surface area contributed by atoms with E-state index in [4.69, 9.17) is 5.26 Å². The molecule has 1 aromatic carbocycles. The Morgan fingerprint density at radius 1 is 1.33 bits per heavy atom. The third kappa shape index (κ3) is 3.82. The quantitative estimate of drug-likeness (QED) is 0.700. The number of aromatic amines is 1. The fourth-order valence-corrected chi connectivity index (χ4v) is 2.34. The molecule has 9 nitrogen and oxygen atoms in total. The van der Waals surface area contributed by atoms with Crippen molar-refractivity contribution in [2.75, 3.05) is 5.32 Å². The molecule has 136 valence electrons. The number of nitrogens with zero attached hydrogens (tertiary/aromatic N) is 4. The second kappa shape index (κ2) is 7.09. The summed E-state index contributed by atoms with van der Waals surface area (Å²) in [5, 5.41) is 15.7. The molecule has 0 fully saturated rings. The maximum Gasteiger partial charge on any atom is 0.328 e. The summed E-state index contributed by atoms with van der Waals surface area (Å²) < 4.78 is 15.4. The molecule has 2 aromatic heterocycles. The van der Waals surface area contributed by atoms with Crippen molar-refractivity contribution in [1.29, 1.82) is 5.26 Å². The minimum Gasteiger partial charge on any atom is -0.309 e. The van der Waals surface area contributed by atoms with Gasteiger partial charge in [0, 0.05) is 6.07 Å². The number of anilines is 1. The largest absolute Gasteiger partial charge is 0.328 e. The van der Waals surface area contributed by atoms with Crippen LogP contribution in [0.4, 0.5) is 10.2 Å². The summed E-state index contributed by atoms with van der Waals surface area (Å²) in [5.74, 6) is -1.64. The van der Waals surface area contributed by atoms with Crippen LogP contribution in [0, 0.1) is 24.1 Å².